The molecule has 8 atom stereocenters. The quantitative estimate of drug-likeness (QED) is 0.463. The van der Waals surface area contributed by atoms with Crippen molar-refractivity contribution in [2.75, 3.05) is 0 Å². The third kappa shape index (κ3) is 2.98. The molecular formula is C28H36O6. The average molecular weight is 469 g/mol. The molecule has 0 bridgehead atoms. The lowest BCUT2D eigenvalue weighted by Crippen LogP contribution is -2.75. The van der Waals surface area contributed by atoms with Crippen LogP contribution in [0.1, 0.15) is 76.1 Å². The first-order valence-electron chi connectivity index (χ1n) is 12.6. The lowest BCUT2D eigenvalue weighted by molar-refractivity contribution is -0.297. The third-order valence-electron chi connectivity index (χ3n) is 10.2. The molecule has 0 aromatic heterocycles. The normalized spacial score (nSPS) is 45.4. The molecule has 1 aromatic carbocycles. The fourth-order valence-corrected chi connectivity index (χ4v) is 8.20. The van der Waals surface area contributed by atoms with Gasteiger partial charge in [-0.25, -0.2) is 4.79 Å². The van der Waals surface area contributed by atoms with Crippen LogP contribution in [-0.4, -0.2) is 50.5 Å². The molecule has 34 heavy (non-hydrogen) atoms. The van der Waals surface area contributed by atoms with Gasteiger partial charge in [0.1, 0.15) is 23.1 Å². The Morgan fingerprint density at radius 1 is 1.06 bits per heavy atom. The van der Waals surface area contributed by atoms with E-state index >= 15 is 0 Å². The molecule has 4 aliphatic carbocycles. The van der Waals surface area contributed by atoms with Gasteiger partial charge in [-0.3, -0.25) is 4.79 Å². The number of hydrogen-bond donors (Lipinski definition) is 3. The zero-order chi connectivity index (χ0) is 24.5. The van der Waals surface area contributed by atoms with E-state index in [1.54, 1.807) is 24.3 Å². The minimum Gasteiger partial charge on any atom is -0.458 e. The molecule has 6 heteroatoms. The maximum absolute atomic E-state index is 13.2. The Bertz CT molecular complexity index is 1030. The first-order valence-corrected chi connectivity index (χ1v) is 12.6. The van der Waals surface area contributed by atoms with Gasteiger partial charge in [-0.05, 0) is 69.4 Å². The summed E-state index contributed by atoms with van der Waals surface area (Å²) in [6, 6.07) is 8.76. The predicted octanol–water partition coefficient (Wildman–Crippen LogP) is 3.58. The number of aliphatic hydroxyl groups excluding tert-OH is 1. The molecule has 5 rings (SSSR count). The molecule has 1 unspecified atom stereocenters. The number of aliphatic hydroxyl groups is 3. The summed E-state index contributed by atoms with van der Waals surface area (Å²) >= 11 is 0. The van der Waals surface area contributed by atoms with Gasteiger partial charge in [0.2, 0.25) is 0 Å². The lowest BCUT2D eigenvalue weighted by atomic mass is 9.43. The Labute approximate surface area is 201 Å². The van der Waals surface area contributed by atoms with Gasteiger partial charge in [0.05, 0.1) is 11.7 Å². The summed E-state index contributed by atoms with van der Waals surface area (Å²) < 4.78 is 6.15. The average Bonchev–Trinajstić information content (AvgIpc) is 3.10. The van der Waals surface area contributed by atoms with E-state index in [9.17, 15) is 24.9 Å². The molecule has 3 N–H and O–H groups in total. The van der Waals surface area contributed by atoms with E-state index in [2.05, 4.69) is 6.92 Å². The summed E-state index contributed by atoms with van der Waals surface area (Å²) in [6.45, 7) is 5.46. The van der Waals surface area contributed by atoms with Crippen molar-refractivity contribution < 1.29 is 29.6 Å². The van der Waals surface area contributed by atoms with Crippen LogP contribution in [-0.2, 0) is 9.53 Å². The van der Waals surface area contributed by atoms with Crippen molar-refractivity contribution in [2.45, 2.75) is 89.1 Å². The van der Waals surface area contributed by atoms with E-state index in [4.69, 9.17) is 4.74 Å². The highest BCUT2D eigenvalue weighted by Gasteiger charge is 2.77. The molecule has 0 aliphatic heterocycles. The molecule has 6 nitrogen and oxygen atoms in total. The number of fused-ring (bicyclic) bond motifs is 5. The number of ether oxygens (including phenoxy) is 1. The van der Waals surface area contributed by atoms with Crippen molar-refractivity contribution in [3.05, 3.63) is 47.5 Å². The van der Waals surface area contributed by atoms with E-state index < -0.39 is 46.1 Å². The first kappa shape index (κ1) is 23.7. The Morgan fingerprint density at radius 3 is 2.44 bits per heavy atom. The van der Waals surface area contributed by atoms with Crippen molar-refractivity contribution in [1.82, 2.24) is 0 Å². The number of carbonyl (C=O) groups is 2. The van der Waals surface area contributed by atoms with Gasteiger partial charge >= 0.3 is 5.97 Å². The van der Waals surface area contributed by atoms with Gasteiger partial charge in [-0.15, -0.1) is 0 Å². The molecular weight excluding hydrogens is 432 g/mol. The number of benzene rings is 1. The summed E-state index contributed by atoms with van der Waals surface area (Å²) in [5, 5.41) is 35.0. The Balaban J connectivity index is 1.61. The van der Waals surface area contributed by atoms with Gasteiger partial charge in [-0.1, -0.05) is 43.7 Å². The van der Waals surface area contributed by atoms with Crippen LogP contribution in [0.3, 0.4) is 0 Å². The fourth-order valence-electron chi connectivity index (χ4n) is 8.20. The van der Waals surface area contributed by atoms with Crippen LogP contribution in [0.2, 0.25) is 0 Å². The SMILES string of the molecule is CC(=O)[C@H]1CC[C@@]2(O)[C@]1(C)[C@H](OC(=O)c1ccccc1)CC1[C@@]3(C)CC[C@H](O)CC3=CC[C@]12O. The van der Waals surface area contributed by atoms with Gasteiger partial charge in [0.15, 0.2) is 0 Å². The van der Waals surface area contributed by atoms with Crippen molar-refractivity contribution >= 4 is 11.8 Å². The van der Waals surface area contributed by atoms with Crippen LogP contribution in [0, 0.1) is 22.7 Å². The largest absolute Gasteiger partial charge is 0.458 e. The smallest absolute Gasteiger partial charge is 0.338 e. The number of esters is 1. The molecule has 0 radical (unpaired) electrons. The van der Waals surface area contributed by atoms with Crippen LogP contribution in [0.4, 0.5) is 0 Å². The predicted molar refractivity (Wildman–Crippen MR) is 126 cm³/mol. The van der Waals surface area contributed by atoms with E-state index in [1.165, 1.54) is 6.92 Å². The monoisotopic (exact) mass is 468 g/mol. The highest BCUT2D eigenvalue weighted by Crippen LogP contribution is 2.70. The summed E-state index contributed by atoms with van der Waals surface area (Å²) in [6.07, 6.45) is 4.11. The first-order chi connectivity index (χ1) is 16.0. The minimum absolute atomic E-state index is 0.0553. The van der Waals surface area contributed by atoms with E-state index in [0.29, 0.717) is 37.7 Å². The molecule has 0 spiro atoms. The maximum atomic E-state index is 13.2. The number of Topliss-reactive ketones (excluding diaryl/α,β-unsaturated/α-hetero) is 1. The van der Waals surface area contributed by atoms with Gasteiger partial charge < -0.3 is 20.1 Å². The molecule has 0 saturated heterocycles. The molecule has 0 heterocycles. The number of rotatable bonds is 3. The lowest BCUT2D eigenvalue weighted by Gasteiger charge is -2.66. The van der Waals surface area contributed by atoms with Gasteiger partial charge in [0.25, 0.3) is 0 Å². The highest BCUT2D eigenvalue weighted by molar-refractivity contribution is 5.89. The number of hydrogen-bond acceptors (Lipinski definition) is 6. The van der Waals surface area contributed by atoms with Crippen molar-refractivity contribution in [2.24, 2.45) is 22.7 Å². The van der Waals surface area contributed by atoms with Crippen LogP contribution >= 0.6 is 0 Å². The Morgan fingerprint density at radius 2 is 1.76 bits per heavy atom. The fraction of sp³-hybridized carbons (Fsp3) is 0.643. The Kier molecular flexibility index (Phi) is 5.40. The molecule has 1 aromatic rings. The summed E-state index contributed by atoms with van der Waals surface area (Å²) in [5.74, 6) is -1.41. The van der Waals surface area contributed by atoms with Gasteiger partial charge in [-0.2, -0.15) is 0 Å². The molecule has 3 saturated carbocycles. The van der Waals surface area contributed by atoms with E-state index in [1.807, 2.05) is 19.1 Å². The van der Waals surface area contributed by atoms with Crippen molar-refractivity contribution in [1.29, 1.82) is 0 Å². The van der Waals surface area contributed by atoms with Crippen LogP contribution in [0.5, 0.6) is 0 Å². The number of ketones is 1. The zero-order valence-electron chi connectivity index (χ0n) is 20.3. The van der Waals surface area contributed by atoms with Crippen LogP contribution in [0.15, 0.2) is 42.0 Å². The molecule has 4 aliphatic rings. The number of carbonyl (C=O) groups excluding carboxylic acids is 2. The second-order valence-corrected chi connectivity index (χ2v) is 11.6. The third-order valence-corrected chi connectivity index (χ3v) is 10.2. The second kappa shape index (κ2) is 7.74. The standard InChI is InChI=1S/C28H36O6/c1-17(29)21-11-14-28(33)26(21,3)23(34-24(31)18-7-5-4-6-8-18)16-22-25(2)12-10-20(30)15-19(25)9-13-27(22,28)32/h4-9,20-23,30,32-33H,10-16H2,1-3H3/t20-,21+,22?,23+,25-,26-,27-,28+/m0/s1. The van der Waals surface area contributed by atoms with Crippen molar-refractivity contribution in [3.63, 3.8) is 0 Å². The molecule has 3 fully saturated rings. The highest BCUT2D eigenvalue weighted by atomic mass is 16.5. The van der Waals surface area contributed by atoms with Gasteiger partial charge in [0, 0.05) is 17.3 Å². The van der Waals surface area contributed by atoms with E-state index in [-0.39, 0.29) is 24.5 Å². The summed E-state index contributed by atoms with van der Waals surface area (Å²) in [5.41, 5.74) is -3.02. The molecule has 184 valence electrons. The van der Waals surface area contributed by atoms with Crippen LogP contribution < -0.4 is 0 Å². The summed E-state index contributed by atoms with van der Waals surface area (Å²) in [4.78, 5) is 25.9. The zero-order valence-corrected chi connectivity index (χ0v) is 20.3. The maximum Gasteiger partial charge on any atom is 0.338 e. The second-order valence-electron chi connectivity index (χ2n) is 11.6. The topological polar surface area (TPSA) is 104 Å². The van der Waals surface area contributed by atoms with Crippen LogP contribution in [0.25, 0.3) is 0 Å². The van der Waals surface area contributed by atoms with Crippen molar-refractivity contribution in [3.8, 4) is 0 Å². The van der Waals surface area contributed by atoms with E-state index in [0.717, 1.165) is 5.57 Å². The Hall–Kier alpha value is -2.02. The minimum atomic E-state index is -1.58. The summed E-state index contributed by atoms with van der Waals surface area (Å²) in [7, 11) is 0. The molecule has 0 amide bonds.